The van der Waals surface area contributed by atoms with Gasteiger partial charge in [-0.05, 0) is 72.8 Å². The van der Waals surface area contributed by atoms with Crippen molar-refractivity contribution < 1.29 is 14.4 Å². The second-order valence-electron chi connectivity index (χ2n) is 10.5. The van der Waals surface area contributed by atoms with Crippen molar-refractivity contribution in [3.8, 4) is 0 Å². The number of fused-ring (bicyclic) bond motifs is 1. The van der Waals surface area contributed by atoms with Gasteiger partial charge in [-0.15, -0.1) is 0 Å². The number of benzene rings is 2. The van der Waals surface area contributed by atoms with Gasteiger partial charge in [0.15, 0.2) is 0 Å². The van der Waals surface area contributed by atoms with Crippen molar-refractivity contribution in [1.29, 1.82) is 0 Å². The van der Waals surface area contributed by atoms with E-state index in [0.29, 0.717) is 24.6 Å². The fraction of sp³-hybridized carbons (Fsp3) is 0.464. The average Bonchev–Trinajstić information content (AvgIpc) is 3.52. The average molecular weight is 460 g/mol. The highest BCUT2D eigenvalue weighted by atomic mass is 16.2. The van der Waals surface area contributed by atoms with E-state index in [0.717, 1.165) is 31.2 Å². The molecule has 0 radical (unpaired) electrons. The second-order valence-corrected chi connectivity index (χ2v) is 10.5. The van der Waals surface area contributed by atoms with Crippen LogP contribution >= 0.6 is 0 Å². The second kappa shape index (κ2) is 9.24. The van der Waals surface area contributed by atoms with Crippen molar-refractivity contribution in [1.82, 2.24) is 15.5 Å². The largest absolute Gasteiger partial charge is 0.349 e. The summed E-state index contributed by atoms with van der Waals surface area (Å²) in [7, 11) is 0. The van der Waals surface area contributed by atoms with Crippen molar-refractivity contribution in [2.45, 2.75) is 70.6 Å². The van der Waals surface area contributed by atoms with Gasteiger partial charge in [0.1, 0.15) is 12.1 Å². The lowest BCUT2D eigenvalue weighted by molar-refractivity contribution is -0.152. The maximum absolute atomic E-state index is 13.8. The van der Waals surface area contributed by atoms with E-state index >= 15 is 0 Å². The standard InChI is InChI=1S/C28H33N3O3/c1-17(2)13-24-27(33)30-25(22-14-20-5-3-4-6-21(20)15-22)28(34)31(24)16-18-7-9-19(10-8-18)26(32)29-23-11-12-23/h3-10,17,22-25H,11-16H2,1-2H3,(H,29,32)(H,30,33)/t24-,25-/m1/s1. The lowest BCUT2D eigenvalue weighted by atomic mass is 9.90. The van der Waals surface area contributed by atoms with Gasteiger partial charge in [0.25, 0.3) is 5.91 Å². The van der Waals surface area contributed by atoms with Crippen LogP contribution in [0.4, 0.5) is 0 Å². The minimum Gasteiger partial charge on any atom is -0.349 e. The maximum atomic E-state index is 13.8. The molecule has 2 aromatic carbocycles. The lowest BCUT2D eigenvalue weighted by Gasteiger charge is -2.41. The molecule has 178 valence electrons. The molecule has 6 nitrogen and oxygen atoms in total. The molecular formula is C28H33N3O3. The van der Waals surface area contributed by atoms with E-state index < -0.39 is 12.1 Å². The van der Waals surface area contributed by atoms with Crippen molar-refractivity contribution in [3.63, 3.8) is 0 Å². The normalized spacial score (nSPS) is 22.6. The zero-order valence-electron chi connectivity index (χ0n) is 19.9. The highest BCUT2D eigenvalue weighted by Gasteiger charge is 2.45. The summed E-state index contributed by atoms with van der Waals surface area (Å²) in [6.07, 6.45) is 4.33. The molecule has 2 fully saturated rings. The first-order valence-electron chi connectivity index (χ1n) is 12.5. The van der Waals surface area contributed by atoms with E-state index in [4.69, 9.17) is 0 Å². The van der Waals surface area contributed by atoms with Crippen molar-refractivity contribution in [2.75, 3.05) is 0 Å². The number of carbonyl (C=O) groups is 3. The van der Waals surface area contributed by atoms with Crippen molar-refractivity contribution in [3.05, 3.63) is 70.8 Å². The molecule has 34 heavy (non-hydrogen) atoms. The number of hydrogen-bond acceptors (Lipinski definition) is 3. The summed E-state index contributed by atoms with van der Waals surface area (Å²) in [6.45, 7) is 4.51. The Balaban J connectivity index is 1.34. The van der Waals surface area contributed by atoms with Crippen molar-refractivity contribution >= 4 is 17.7 Å². The summed E-state index contributed by atoms with van der Waals surface area (Å²) in [5.74, 6) is 0.242. The first-order valence-corrected chi connectivity index (χ1v) is 12.5. The molecule has 2 atom stereocenters. The smallest absolute Gasteiger partial charge is 0.251 e. The number of hydrogen-bond donors (Lipinski definition) is 2. The fourth-order valence-electron chi connectivity index (χ4n) is 5.26. The van der Waals surface area contributed by atoms with Gasteiger partial charge in [-0.25, -0.2) is 0 Å². The minimum atomic E-state index is -0.507. The van der Waals surface area contributed by atoms with E-state index in [1.165, 1.54) is 11.1 Å². The molecule has 0 unspecified atom stereocenters. The van der Waals surface area contributed by atoms with Crippen LogP contribution < -0.4 is 10.6 Å². The third-order valence-corrected chi connectivity index (χ3v) is 7.26. The zero-order chi connectivity index (χ0) is 23.8. The third-order valence-electron chi connectivity index (χ3n) is 7.26. The molecule has 1 aliphatic heterocycles. The van der Waals surface area contributed by atoms with E-state index in [1.807, 2.05) is 36.4 Å². The first kappa shape index (κ1) is 22.6. The van der Waals surface area contributed by atoms with Crippen LogP contribution in [0.2, 0.25) is 0 Å². The van der Waals surface area contributed by atoms with Gasteiger partial charge in [0.2, 0.25) is 11.8 Å². The molecule has 2 aliphatic carbocycles. The monoisotopic (exact) mass is 459 g/mol. The Labute approximate surface area is 201 Å². The van der Waals surface area contributed by atoms with E-state index in [9.17, 15) is 14.4 Å². The first-order chi connectivity index (χ1) is 16.4. The van der Waals surface area contributed by atoms with Crippen LogP contribution in [0.15, 0.2) is 48.5 Å². The van der Waals surface area contributed by atoms with Crippen LogP contribution in [0.3, 0.4) is 0 Å². The molecule has 2 N–H and O–H groups in total. The van der Waals surface area contributed by atoms with Gasteiger partial charge < -0.3 is 15.5 Å². The third kappa shape index (κ3) is 4.72. The molecule has 5 rings (SSSR count). The van der Waals surface area contributed by atoms with Crippen LogP contribution in [-0.2, 0) is 29.0 Å². The van der Waals surface area contributed by atoms with Crippen LogP contribution in [0, 0.1) is 11.8 Å². The van der Waals surface area contributed by atoms with Gasteiger partial charge >= 0.3 is 0 Å². The topological polar surface area (TPSA) is 78.5 Å². The van der Waals surface area contributed by atoms with Crippen LogP contribution in [0.1, 0.15) is 60.2 Å². The van der Waals surface area contributed by atoms with Gasteiger partial charge in [-0.1, -0.05) is 50.2 Å². The molecule has 6 heteroatoms. The molecule has 0 aromatic heterocycles. The van der Waals surface area contributed by atoms with Gasteiger partial charge in [-0.2, -0.15) is 0 Å². The van der Waals surface area contributed by atoms with Crippen LogP contribution in [0.5, 0.6) is 0 Å². The Kier molecular flexibility index (Phi) is 6.15. The molecule has 1 heterocycles. The fourth-order valence-corrected chi connectivity index (χ4v) is 5.26. The Bertz CT molecular complexity index is 1070. The van der Waals surface area contributed by atoms with Gasteiger partial charge in [-0.3, -0.25) is 14.4 Å². The lowest BCUT2D eigenvalue weighted by Crippen LogP contribution is -2.65. The molecule has 1 saturated heterocycles. The predicted octanol–water partition coefficient (Wildman–Crippen LogP) is 3.24. The van der Waals surface area contributed by atoms with Gasteiger partial charge in [0.05, 0.1) is 0 Å². The molecule has 0 bridgehead atoms. The number of carbonyl (C=O) groups excluding carboxylic acids is 3. The van der Waals surface area contributed by atoms with E-state index in [2.05, 4.69) is 36.6 Å². The molecule has 2 aromatic rings. The summed E-state index contributed by atoms with van der Waals surface area (Å²) in [5.41, 5.74) is 4.09. The Morgan fingerprint density at radius 1 is 1.03 bits per heavy atom. The number of nitrogens with zero attached hydrogens (tertiary/aromatic N) is 1. The number of piperazine rings is 1. The molecule has 1 saturated carbocycles. The maximum Gasteiger partial charge on any atom is 0.251 e. The highest BCUT2D eigenvalue weighted by Crippen LogP contribution is 2.32. The van der Waals surface area contributed by atoms with E-state index in [1.54, 1.807) is 4.90 Å². The van der Waals surface area contributed by atoms with E-state index in [-0.39, 0.29) is 29.6 Å². The Morgan fingerprint density at radius 3 is 2.26 bits per heavy atom. The molecule has 3 amide bonds. The number of amides is 3. The van der Waals surface area contributed by atoms with Crippen molar-refractivity contribution in [2.24, 2.45) is 11.8 Å². The van der Waals surface area contributed by atoms with Gasteiger partial charge in [0, 0.05) is 18.2 Å². The Morgan fingerprint density at radius 2 is 1.68 bits per heavy atom. The number of rotatable bonds is 7. The summed E-state index contributed by atoms with van der Waals surface area (Å²) < 4.78 is 0. The number of nitrogens with one attached hydrogen (secondary N) is 2. The summed E-state index contributed by atoms with van der Waals surface area (Å²) in [4.78, 5) is 41.1. The Hall–Kier alpha value is -3.15. The minimum absolute atomic E-state index is 0.00129. The molecule has 3 aliphatic rings. The SMILES string of the molecule is CC(C)C[C@@H]1C(=O)N[C@H](C2Cc3ccccc3C2)C(=O)N1Cc1ccc(C(=O)NC2CC2)cc1. The predicted molar refractivity (Wildman–Crippen MR) is 130 cm³/mol. The summed E-state index contributed by atoms with van der Waals surface area (Å²) in [5, 5.41) is 6.08. The quantitative estimate of drug-likeness (QED) is 0.667. The van der Waals surface area contributed by atoms with Crippen LogP contribution in [0.25, 0.3) is 0 Å². The zero-order valence-corrected chi connectivity index (χ0v) is 19.9. The van der Waals surface area contributed by atoms with Crippen LogP contribution in [-0.4, -0.2) is 40.7 Å². The molecular weight excluding hydrogens is 426 g/mol. The summed E-state index contributed by atoms with van der Waals surface area (Å²) in [6, 6.07) is 15.0. The summed E-state index contributed by atoms with van der Waals surface area (Å²) >= 11 is 0. The molecule has 0 spiro atoms. The highest BCUT2D eigenvalue weighted by molar-refractivity contribution is 5.97.